The SMILES string of the molecule is CC(C(=O)Nc1cccc(C(F)(F)F)c1)N1CCC(O)CC1. The van der Waals surface area contributed by atoms with Crippen molar-refractivity contribution >= 4 is 11.6 Å². The standard InChI is InChI=1S/C15H19F3N2O2/c1-10(20-7-5-13(21)6-8-20)14(22)19-12-4-2-3-11(9-12)15(16,17)18/h2-4,9-10,13,21H,5-8H2,1H3,(H,19,22). The number of aliphatic hydroxyl groups is 1. The van der Waals surface area contributed by atoms with Crippen molar-refractivity contribution in [2.45, 2.75) is 38.1 Å². The van der Waals surface area contributed by atoms with Crippen molar-refractivity contribution < 1.29 is 23.1 Å². The number of alkyl halides is 3. The first-order chi connectivity index (χ1) is 10.3. The molecule has 0 aliphatic carbocycles. The predicted molar refractivity (Wildman–Crippen MR) is 76.3 cm³/mol. The number of anilines is 1. The second-order valence-corrected chi connectivity index (χ2v) is 5.51. The topological polar surface area (TPSA) is 52.6 Å². The molecule has 0 spiro atoms. The third kappa shape index (κ3) is 4.20. The Bertz CT molecular complexity index is 526. The van der Waals surface area contributed by atoms with Crippen LogP contribution in [0.1, 0.15) is 25.3 Å². The fourth-order valence-corrected chi connectivity index (χ4v) is 2.46. The van der Waals surface area contributed by atoms with Gasteiger partial charge in [-0.1, -0.05) is 6.07 Å². The van der Waals surface area contributed by atoms with E-state index in [1.165, 1.54) is 12.1 Å². The molecule has 1 saturated heterocycles. The summed E-state index contributed by atoms with van der Waals surface area (Å²) in [5, 5.41) is 12.0. The number of nitrogens with one attached hydrogen (secondary N) is 1. The Morgan fingerprint density at radius 3 is 2.59 bits per heavy atom. The molecule has 1 fully saturated rings. The Balaban J connectivity index is 1.99. The normalized spacial score (nSPS) is 19.0. The minimum Gasteiger partial charge on any atom is -0.393 e. The summed E-state index contributed by atoms with van der Waals surface area (Å²) in [6.45, 7) is 2.90. The van der Waals surface area contributed by atoms with Gasteiger partial charge in [0.05, 0.1) is 17.7 Å². The lowest BCUT2D eigenvalue weighted by Crippen LogP contribution is -2.47. The van der Waals surface area contributed by atoms with E-state index in [1.54, 1.807) is 6.92 Å². The van der Waals surface area contributed by atoms with Crippen LogP contribution in [-0.2, 0) is 11.0 Å². The van der Waals surface area contributed by atoms with Gasteiger partial charge in [-0.2, -0.15) is 13.2 Å². The van der Waals surface area contributed by atoms with Crippen molar-refractivity contribution in [2.75, 3.05) is 18.4 Å². The molecule has 1 amide bonds. The van der Waals surface area contributed by atoms with Gasteiger partial charge in [-0.05, 0) is 38.0 Å². The van der Waals surface area contributed by atoms with E-state index < -0.39 is 17.8 Å². The third-order valence-electron chi connectivity index (χ3n) is 3.88. The average molecular weight is 316 g/mol. The van der Waals surface area contributed by atoms with Gasteiger partial charge in [0, 0.05) is 18.8 Å². The molecular weight excluding hydrogens is 297 g/mol. The number of piperidine rings is 1. The fourth-order valence-electron chi connectivity index (χ4n) is 2.46. The van der Waals surface area contributed by atoms with Gasteiger partial charge >= 0.3 is 6.18 Å². The summed E-state index contributed by atoms with van der Waals surface area (Å²) in [4.78, 5) is 14.1. The van der Waals surface area contributed by atoms with Gasteiger partial charge < -0.3 is 10.4 Å². The highest BCUT2D eigenvalue weighted by Crippen LogP contribution is 2.30. The number of amides is 1. The van der Waals surface area contributed by atoms with Crippen LogP contribution < -0.4 is 5.32 Å². The summed E-state index contributed by atoms with van der Waals surface area (Å²) in [6.07, 6.45) is -3.58. The molecule has 7 heteroatoms. The lowest BCUT2D eigenvalue weighted by molar-refractivity contribution is -0.137. The Kier molecular flexibility index (Phi) is 5.08. The quantitative estimate of drug-likeness (QED) is 0.901. The lowest BCUT2D eigenvalue weighted by Gasteiger charge is -2.33. The number of likely N-dealkylation sites (tertiary alicyclic amines) is 1. The minimum absolute atomic E-state index is 0.128. The van der Waals surface area contributed by atoms with E-state index in [0.717, 1.165) is 12.1 Å². The highest BCUT2D eigenvalue weighted by molar-refractivity contribution is 5.94. The molecule has 0 bridgehead atoms. The van der Waals surface area contributed by atoms with Gasteiger partial charge in [-0.15, -0.1) is 0 Å². The maximum Gasteiger partial charge on any atom is 0.416 e. The van der Waals surface area contributed by atoms with Crippen LogP contribution in [0.15, 0.2) is 24.3 Å². The summed E-state index contributed by atoms with van der Waals surface area (Å²) >= 11 is 0. The van der Waals surface area contributed by atoms with Gasteiger partial charge in [0.1, 0.15) is 0 Å². The molecule has 0 saturated carbocycles. The number of halogens is 3. The highest BCUT2D eigenvalue weighted by Gasteiger charge is 2.31. The van der Waals surface area contributed by atoms with Crippen molar-refractivity contribution in [3.8, 4) is 0 Å². The number of benzene rings is 1. The van der Waals surface area contributed by atoms with E-state index in [9.17, 15) is 23.1 Å². The van der Waals surface area contributed by atoms with E-state index in [-0.39, 0.29) is 17.7 Å². The van der Waals surface area contributed by atoms with Crippen LogP contribution in [0, 0.1) is 0 Å². The number of rotatable bonds is 3. The monoisotopic (exact) mass is 316 g/mol. The molecule has 122 valence electrons. The second-order valence-electron chi connectivity index (χ2n) is 5.51. The zero-order chi connectivity index (χ0) is 16.3. The minimum atomic E-state index is -4.44. The van der Waals surface area contributed by atoms with Crippen molar-refractivity contribution in [3.05, 3.63) is 29.8 Å². The van der Waals surface area contributed by atoms with Crippen molar-refractivity contribution in [3.63, 3.8) is 0 Å². The Hall–Kier alpha value is -1.60. The molecule has 2 N–H and O–H groups in total. The van der Waals surface area contributed by atoms with Gasteiger partial charge in [0.25, 0.3) is 0 Å². The van der Waals surface area contributed by atoms with Gasteiger partial charge in [0.15, 0.2) is 0 Å². The molecular formula is C15H19F3N2O2. The van der Waals surface area contributed by atoms with Crippen LogP contribution in [0.3, 0.4) is 0 Å². The summed E-state index contributed by atoms with van der Waals surface area (Å²) in [5.41, 5.74) is -0.664. The van der Waals surface area contributed by atoms with Gasteiger partial charge in [-0.25, -0.2) is 0 Å². The Labute approximate surface area is 126 Å². The number of hydrogen-bond donors (Lipinski definition) is 2. The van der Waals surface area contributed by atoms with E-state index >= 15 is 0 Å². The second kappa shape index (κ2) is 6.66. The van der Waals surface area contributed by atoms with Crippen LogP contribution >= 0.6 is 0 Å². The van der Waals surface area contributed by atoms with E-state index in [4.69, 9.17) is 0 Å². The zero-order valence-electron chi connectivity index (χ0n) is 12.2. The van der Waals surface area contributed by atoms with Crippen LogP contribution in [-0.4, -0.2) is 41.1 Å². The molecule has 1 aromatic rings. The van der Waals surface area contributed by atoms with Crippen LogP contribution in [0.2, 0.25) is 0 Å². The maximum atomic E-state index is 12.6. The maximum absolute atomic E-state index is 12.6. The first kappa shape index (κ1) is 16.8. The van der Waals surface area contributed by atoms with Gasteiger partial charge in [-0.3, -0.25) is 9.69 Å². The van der Waals surface area contributed by atoms with E-state index in [2.05, 4.69) is 5.32 Å². The van der Waals surface area contributed by atoms with E-state index in [0.29, 0.717) is 25.9 Å². The summed E-state index contributed by atoms with van der Waals surface area (Å²) < 4.78 is 37.9. The first-order valence-electron chi connectivity index (χ1n) is 7.17. The Morgan fingerprint density at radius 2 is 2.00 bits per heavy atom. The average Bonchev–Trinajstić information content (AvgIpc) is 2.46. The van der Waals surface area contributed by atoms with Crippen molar-refractivity contribution in [1.29, 1.82) is 0 Å². The Morgan fingerprint density at radius 1 is 1.36 bits per heavy atom. The number of carbonyl (C=O) groups excluding carboxylic acids is 1. The molecule has 0 radical (unpaired) electrons. The molecule has 0 aromatic heterocycles. The molecule has 2 rings (SSSR count). The summed E-state index contributed by atoms with van der Waals surface area (Å²) in [6, 6.07) is 4.12. The van der Waals surface area contributed by atoms with Crippen molar-refractivity contribution in [2.24, 2.45) is 0 Å². The molecule has 1 atom stereocenters. The van der Waals surface area contributed by atoms with Gasteiger partial charge in [0.2, 0.25) is 5.91 Å². The molecule has 22 heavy (non-hydrogen) atoms. The predicted octanol–water partition coefficient (Wildman–Crippen LogP) is 2.49. The van der Waals surface area contributed by atoms with Crippen molar-refractivity contribution in [1.82, 2.24) is 4.90 Å². The summed E-state index contributed by atoms with van der Waals surface area (Å²) in [7, 11) is 0. The van der Waals surface area contributed by atoms with Crippen LogP contribution in [0.4, 0.5) is 18.9 Å². The highest BCUT2D eigenvalue weighted by atomic mass is 19.4. The summed E-state index contributed by atoms with van der Waals surface area (Å²) in [5.74, 6) is -0.351. The zero-order valence-corrected chi connectivity index (χ0v) is 12.2. The van der Waals surface area contributed by atoms with Crippen LogP contribution in [0.5, 0.6) is 0 Å². The molecule has 1 aliphatic rings. The molecule has 4 nitrogen and oxygen atoms in total. The molecule has 1 heterocycles. The van der Waals surface area contributed by atoms with Crippen LogP contribution in [0.25, 0.3) is 0 Å². The smallest absolute Gasteiger partial charge is 0.393 e. The first-order valence-corrected chi connectivity index (χ1v) is 7.17. The molecule has 1 aliphatic heterocycles. The number of nitrogens with zero attached hydrogens (tertiary/aromatic N) is 1. The molecule has 1 aromatic carbocycles. The number of carbonyl (C=O) groups is 1. The molecule has 1 unspecified atom stereocenters. The third-order valence-corrected chi connectivity index (χ3v) is 3.88. The number of aliphatic hydroxyl groups excluding tert-OH is 1. The van der Waals surface area contributed by atoms with E-state index in [1.807, 2.05) is 4.90 Å². The largest absolute Gasteiger partial charge is 0.416 e. The lowest BCUT2D eigenvalue weighted by atomic mass is 10.1. The number of hydrogen-bond acceptors (Lipinski definition) is 3. The fraction of sp³-hybridized carbons (Fsp3) is 0.533.